The molecule has 0 aliphatic rings. The smallest absolute Gasteiger partial charge is 0.420 e. The average molecular weight is 474 g/mol. The van der Waals surface area contributed by atoms with Crippen molar-refractivity contribution in [2.24, 2.45) is 0 Å². The number of benzene rings is 2. The van der Waals surface area contributed by atoms with Gasteiger partial charge in [-0.25, -0.2) is 13.1 Å². The molecule has 0 aliphatic carbocycles. The number of H-pyrrole nitrogens is 1. The summed E-state index contributed by atoms with van der Waals surface area (Å²) in [7, 11) is -4.00. The third-order valence-corrected chi connectivity index (χ3v) is 6.34. The number of aryl methyl sites for hydroxylation is 2. The molecule has 0 atom stereocenters. The molecule has 0 spiro atoms. The van der Waals surface area contributed by atoms with Gasteiger partial charge in [0.2, 0.25) is 10.0 Å². The van der Waals surface area contributed by atoms with Crippen LogP contribution in [-0.4, -0.2) is 30.4 Å². The highest BCUT2D eigenvalue weighted by Crippen LogP contribution is 2.31. The Morgan fingerprint density at radius 3 is 2.58 bits per heavy atom. The van der Waals surface area contributed by atoms with Crippen LogP contribution in [0.4, 0.5) is 14.5 Å². The van der Waals surface area contributed by atoms with E-state index in [1.165, 1.54) is 31.2 Å². The van der Waals surface area contributed by atoms with E-state index >= 15 is 0 Å². The summed E-state index contributed by atoms with van der Waals surface area (Å²) in [5.41, 5.74) is -1.72. The maximum absolute atomic E-state index is 12.9. The van der Waals surface area contributed by atoms with Crippen LogP contribution in [0, 0.1) is 24.0 Å². The summed E-state index contributed by atoms with van der Waals surface area (Å²) in [6.07, 6.45) is 0.236. The molecule has 0 saturated heterocycles. The number of fused-ring (bicyclic) bond motifs is 1. The highest BCUT2D eigenvalue weighted by atomic mass is 35.5. The lowest BCUT2D eigenvalue weighted by atomic mass is 10.1. The van der Waals surface area contributed by atoms with Crippen LogP contribution in [0.1, 0.15) is 16.8 Å². The van der Waals surface area contributed by atoms with Gasteiger partial charge in [-0.15, -0.1) is 8.78 Å². The van der Waals surface area contributed by atoms with E-state index in [9.17, 15) is 27.3 Å². The number of hydrogen-bond acceptors (Lipinski definition) is 5. The molecule has 0 unspecified atom stereocenters. The molecule has 12 heteroatoms. The van der Waals surface area contributed by atoms with Crippen LogP contribution in [0.15, 0.2) is 41.3 Å². The molecule has 0 radical (unpaired) electrons. The quantitative estimate of drug-likeness (QED) is 0.286. The number of aromatic amines is 1. The zero-order chi connectivity index (χ0) is 23.0. The Labute approximate surface area is 181 Å². The van der Waals surface area contributed by atoms with Crippen LogP contribution in [0.3, 0.4) is 0 Å². The van der Waals surface area contributed by atoms with Gasteiger partial charge in [0, 0.05) is 46.9 Å². The highest BCUT2D eigenvalue weighted by Gasteiger charge is 2.28. The van der Waals surface area contributed by atoms with Gasteiger partial charge in [-0.05, 0) is 49.6 Å². The van der Waals surface area contributed by atoms with E-state index in [4.69, 9.17) is 11.6 Å². The van der Waals surface area contributed by atoms with E-state index < -0.39 is 20.5 Å². The maximum Gasteiger partial charge on any atom is 0.487 e. The first kappa shape index (κ1) is 22.9. The molecule has 0 amide bonds. The van der Waals surface area contributed by atoms with E-state index in [0.29, 0.717) is 22.0 Å². The number of sulfonamides is 1. The van der Waals surface area contributed by atoms with Crippen molar-refractivity contribution in [3.63, 3.8) is 0 Å². The topological polar surface area (TPSA) is 114 Å². The fraction of sp³-hybridized carbons (Fsp3) is 0.263. The number of rotatable bonds is 8. The van der Waals surface area contributed by atoms with Gasteiger partial charge in [0.25, 0.3) is 5.69 Å². The van der Waals surface area contributed by atoms with Gasteiger partial charge in [-0.3, -0.25) is 10.1 Å². The van der Waals surface area contributed by atoms with Crippen molar-refractivity contribution < 1.29 is 26.9 Å². The van der Waals surface area contributed by atoms with E-state index in [0.717, 1.165) is 11.8 Å². The lowest BCUT2D eigenvalue weighted by molar-refractivity contribution is -0.385. The molecular formula is C19H18ClF2N3O5S. The number of aromatic nitrogens is 1. The van der Waals surface area contributed by atoms with Gasteiger partial charge >= 0.3 is 5.57 Å². The fourth-order valence-corrected chi connectivity index (χ4v) is 4.64. The summed E-state index contributed by atoms with van der Waals surface area (Å²) in [5.74, 6) is -0.138. The number of nitro groups is 1. The maximum atomic E-state index is 12.9. The molecule has 3 aromatic rings. The lowest BCUT2D eigenvalue weighted by Gasteiger charge is -2.11. The van der Waals surface area contributed by atoms with Gasteiger partial charge in [-0.2, -0.15) is 0 Å². The Bertz CT molecular complexity index is 1260. The highest BCUT2D eigenvalue weighted by molar-refractivity contribution is 7.89. The van der Waals surface area contributed by atoms with Crippen molar-refractivity contribution in [1.29, 1.82) is 0 Å². The Morgan fingerprint density at radius 2 is 1.94 bits per heavy atom. The standard InChI is InChI=1S/C19H18ClF2N3O5S/c1-11-3-4-13(25(26)27)9-18(11)31(28,29)23-8-7-15-12(2)24-17-6-5-14(10-16(15)17)30-19(20,21)22/h3-6,9-10,23-24H,7-8H2,1-2H3. The number of nitrogens with one attached hydrogen (secondary N) is 2. The molecule has 0 bridgehead atoms. The van der Waals surface area contributed by atoms with Crippen molar-refractivity contribution >= 4 is 38.2 Å². The summed E-state index contributed by atoms with van der Waals surface area (Å²) in [4.78, 5) is 13.2. The summed E-state index contributed by atoms with van der Waals surface area (Å²) in [6.45, 7) is 3.29. The van der Waals surface area contributed by atoms with Crippen molar-refractivity contribution in [2.75, 3.05) is 6.54 Å². The minimum atomic E-state index is -4.00. The number of halogens is 3. The molecule has 1 heterocycles. The second kappa shape index (κ2) is 8.40. The largest absolute Gasteiger partial charge is 0.487 e. The van der Waals surface area contributed by atoms with Gasteiger partial charge in [0.1, 0.15) is 5.75 Å². The first-order chi connectivity index (χ1) is 14.4. The Kier molecular flexibility index (Phi) is 6.21. The Balaban J connectivity index is 1.81. The predicted molar refractivity (Wildman–Crippen MR) is 111 cm³/mol. The van der Waals surface area contributed by atoms with Crippen LogP contribution in [0.5, 0.6) is 5.75 Å². The van der Waals surface area contributed by atoms with Crippen molar-refractivity contribution in [1.82, 2.24) is 9.71 Å². The van der Waals surface area contributed by atoms with Crippen molar-refractivity contribution in [2.45, 2.75) is 30.7 Å². The third kappa shape index (κ3) is 5.30. The van der Waals surface area contributed by atoms with Crippen LogP contribution >= 0.6 is 11.6 Å². The minimum absolute atomic E-state index is 0.0188. The van der Waals surface area contributed by atoms with Gasteiger partial charge < -0.3 is 9.72 Å². The molecule has 2 N–H and O–H groups in total. The summed E-state index contributed by atoms with van der Waals surface area (Å²) < 4.78 is 58.0. The first-order valence-corrected chi connectivity index (χ1v) is 10.8. The second-order valence-corrected chi connectivity index (χ2v) is 9.01. The monoisotopic (exact) mass is 473 g/mol. The summed E-state index contributed by atoms with van der Waals surface area (Å²) in [5, 5.41) is 11.5. The van der Waals surface area contributed by atoms with Crippen LogP contribution < -0.4 is 9.46 Å². The number of nitro benzene ring substituents is 1. The summed E-state index contributed by atoms with van der Waals surface area (Å²) in [6, 6.07) is 7.89. The van der Waals surface area contributed by atoms with Crippen molar-refractivity contribution in [3.8, 4) is 5.75 Å². The summed E-state index contributed by atoms with van der Waals surface area (Å²) >= 11 is 4.82. The molecule has 1 aromatic heterocycles. The van der Waals surface area contributed by atoms with Crippen molar-refractivity contribution in [3.05, 3.63) is 63.3 Å². The molecule has 0 aliphatic heterocycles. The minimum Gasteiger partial charge on any atom is -0.420 e. The molecule has 31 heavy (non-hydrogen) atoms. The van der Waals surface area contributed by atoms with E-state index in [1.807, 2.05) is 0 Å². The molecule has 0 saturated carbocycles. The van der Waals surface area contributed by atoms with Gasteiger partial charge in [-0.1, -0.05) is 6.07 Å². The van der Waals surface area contributed by atoms with Gasteiger partial charge in [0.15, 0.2) is 0 Å². The fourth-order valence-electron chi connectivity index (χ4n) is 3.26. The second-order valence-electron chi connectivity index (χ2n) is 6.84. The lowest BCUT2D eigenvalue weighted by Crippen LogP contribution is -2.26. The zero-order valence-corrected chi connectivity index (χ0v) is 18.0. The SMILES string of the molecule is Cc1ccc([N+](=O)[O-])cc1S(=O)(=O)NCCc1c(C)[nH]c2ccc(OC(F)(F)Cl)cc12. The Morgan fingerprint density at radius 1 is 1.23 bits per heavy atom. The predicted octanol–water partition coefficient (Wildman–Crippen LogP) is 4.38. The molecule has 2 aromatic carbocycles. The average Bonchev–Trinajstić information content (AvgIpc) is 2.95. The van der Waals surface area contributed by atoms with Crippen LogP contribution in [0.25, 0.3) is 10.9 Å². The first-order valence-electron chi connectivity index (χ1n) is 8.99. The number of non-ortho nitro benzene ring substituents is 1. The number of alkyl halides is 3. The molecule has 3 rings (SSSR count). The molecular weight excluding hydrogens is 456 g/mol. The number of hydrogen-bond donors (Lipinski definition) is 2. The molecule has 8 nitrogen and oxygen atoms in total. The molecule has 166 valence electrons. The molecule has 0 fully saturated rings. The number of nitrogens with zero attached hydrogens (tertiary/aromatic N) is 1. The van der Waals surface area contributed by atoms with Crippen LogP contribution in [-0.2, 0) is 16.4 Å². The van der Waals surface area contributed by atoms with Crippen LogP contribution in [0.2, 0.25) is 0 Å². The van der Waals surface area contributed by atoms with Gasteiger partial charge in [0.05, 0.1) is 9.82 Å². The van der Waals surface area contributed by atoms with E-state index in [2.05, 4.69) is 14.4 Å². The third-order valence-electron chi connectivity index (χ3n) is 4.66. The van der Waals surface area contributed by atoms with E-state index in [1.54, 1.807) is 13.0 Å². The Hall–Kier alpha value is -2.76. The van der Waals surface area contributed by atoms with E-state index in [-0.39, 0.29) is 29.3 Å². The zero-order valence-electron chi connectivity index (χ0n) is 16.4. The number of ether oxygens (including phenoxy) is 1. The normalized spacial score (nSPS) is 12.3.